The van der Waals surface area contributed by atoms with Crippen LogP contribution >= 0.6 is 0 Å². The molecule has 1 aromatic rings. The highest BCUT2D eigenvalue weighted by Gasteiger charge is 2.48. The molecule has 1 N–H and O–H groups in total. The van der Waals surface area contributed by atoms with E-state index in [1.54, 1.807) is 0 Å². The molecule has 0 saturated carbocycles. The first-order valence-electron chi connectivity index (χ1n) is 6.77. The maximum atomic E-state index is 12.0. The minimum Gasteiger partial charge on any atom is -0.374 e. The zero-order chi connectivity index (χ0) is 15.0. The molecule has 0 spiro atoms. The van der Waals surface area contributed by atoms with E-state index in [9.17, 15) is 13.2 Å². The fraction of sp³-hybridized carbons (Fsp3) is 0.667. The predicted octanol–water partition coefficient (Wildman–Crippen LogP) is -0.404. The highest BCUT2D eigenvalue weighted by molar-refractivity contribution is 7.88. The van der Waals surface area contributed by atoms with Crippen LogP contribution in [0.15, 0.2) is 16.8 Å². The van der Waals surface area contributed by atoms with E-state index in [0.717, 1.165) is 12.8 Å². The molecule has 1 aromatic heterocycles. The molecule has 9 heteroatoms. The van der Waals surface area contributed by atoms with Crippen LogP contribution in [0.1, 0.15) is 23.4 Å². The number of amides is 1. The van der Waals surface area contributed by atoms with Gasteiger partial charge in [0, 0.05) is 19.2 Å². The second-order valence-corrected chi connectivity index (χ2v) is 7.27. The van der Waals surface area contributed by atoms with Gasteiger partial charge in [0.1, 0.15) is 0 Å². The lowest BCUT2D eigenvalue weighted by Crippen LogP contribution is -2.47. The van der Waals surface area contributed by atoms with Crippen LogP contribution < -0.4 is 5.32 Å². The first kappa shape index (κ1) is 14.5. The summed E-state index contributed by atoms with van der Waals surface area (Å²) in [7, 11) is -3.33. The number of aromatic nitrogens is 1. The molecule has 3 heterocycles. The lowest BCUT2D eigenvalue weighted by atomic mass is 10.0. The standard InChI is InChI=1S/C12H17N3O5S/c1-21(17,18)15-7-8(11-9(15)3-2-6-19-11)14-12(16)10-4-5-13-20-10/h4-5,8-9,11H,2-3,6-7H2,1H3,(H,14,16)/t8-,9-,11-/m1/s1. The van der Waals surface area contributed by atoms with Crippen molar-refractivity contribution in [1.29, 1.82) is 0 Å². The topological polar surface area (TPSA) is 102 Å². The molecule has 2 fully saturated rings. The molecule has 0 bridgehead atoms. The Morgan fingerprint density at radius 2 is 2.33 bits per heavy atom. The minimum absolute atomic E-state index is 0.0974. The minimum atomic E-state index is -3.33. The fourth-order valence-corrected chi connectivity index (χ4v) is 4.14. The molecule has 2 saturated heterocycles. The third-order valence-electron chi connectivity index (χ3n) is 3.88. The molecule has 3 atom stereocenters. The zero-order valence-corrected chi connectivity index (χ0v) is 12.4. The number of nitrogens with zero attached hydrogens (tertiary/aromatic N) is 2. The Kier molecular flexibility index (Phi) is 3.72. The van der Waals surface area contributed by atoms with Crippen LogP contribution in [0.3, 0.4) is 0 Å². The van der Waals surface area contributed by atoms with Crippen LogP contribution in [0.4, 0.5) is 0 Å². The number of nitrogens with one attached hydrogen (secondary N) is 1. The summed E-state index contributed by atoms with van der Waals surface area (Å²) in [5.74, 6) is -0.319. The molecule has 0 aromatic carbocycles. The van der Waals surface area contributed by atoms with E-state index in [4.69, 9.17) is 9.26 Å². The van der Waals surface area contributed by atoms with Crippen LogP contribution in [-0.4, -0.2) is 61.4 Å². The molecule has 0 aliphatic carbocycles. The van der Waals surface area contributed by atoms with Crippen molar-refractivity contribution in [2.75, 3.05) is 19.4 Å². The van der Waals surface area contributed by atoms with E-state index in [1.165, 1.54) is 22.8 Å². The normalized spacial score (nSPS) is 30.0. The summed E-state index contributed by atoms with van der Waals surface area (Å²) >= 11 is 0. The van der Waals surface area contributed by atoms with Crippen molar-refractivity contribution in [2.45, 2.75) is 31.0 Å². The number of hydrogen-bond acceptors (Lipinski definition) is 6. The van der Waals surface area contributed by atoms with Gasteiger partial charge >= 0.3 is 0 Å². The maximum Gasteiger partial charge on any atom is 0.290 e. The highest BCUT2D eigenvalue weighted by atomic mass is 32.2. The number of hydrogen-bond donors (Lipinski definition) is 1. The van der Waals surface area contributed by atoms with E-state index in [1.807, 2.05) is 0 Å². The van der Waals surface area contributed by atoms with Crippen LogP contribution in [0, 0.1) is 0 Å². The molecule has 0 unspecified atom stereocenters. The second-order valence-electron chi connectivity index (χ2n) is 5.33. The SMILES string of the molecule is CS(=O)(=O)N1C[C@@H](NC(=O)c2ccno2)[C@H]2OCCC[C@H]21. The van der Waals surface area contributed by atoms with Gasteiger partial charge in [-0.15, -0.1) is 0 Å². The molecule has 2 aliphatic rings. The van der Waals surface area contributed by atoms with Crippen molar-refractivity contribution in [2.24, 2.45) is 0 Å². The third kappa shape index (κ3) is 2.81. The van der Waals surface area contributed by atoms with Crippen molar-refractivity contribution in [1.82, 2.24) is 14.8 Å². The first-order valence-corrected chi connectivity index (χ1v) is 8.61. The van der Waals surface area contributed by atoms with Crippen molar-refractivity contribution in [3.05, 3.63) is 18.0 Å². The Bertz CT molecular complexity index is 615. The Labute approximate surface area is 122 Å². The molecule has 3 rings (SSSR count). The van der Waals surface area contributed by atoms with Gasteiger partial charge in [0.05, 0.1) is 30.6 Å². The molecule has 2 aliphatic heterocycles. The van der Waals surface area contributed by atoms with Gasteiger partial charge in [-0.2, -0.15) is 4.31 Å². The number of ether oxygens (including phenoxy) is 1. The molecule has 116 valence electrons. The van der Waals surface area contributed by atoms with Crippen molar-refractivity contribution < 1.29 is 22.5 Å². The van der Waals surface area contributed by atoms with Crippen molar-refractivity contribution >= 4 is 15.9 Å². The molecule has 21 heavy (non-hydrogen) atoms. The monoisotopic (exact) mass is 315 g/mol. The van der Waals surface area contributed by atoms with E-state index >= 15 is 0 Å². The Morgan fingerprint density at radius 1 is 1.52 bits per heavy atom. The Hall–Kier alpha value is -1.45. The van der Waals surface area contributed by atoms with Gasteiger partial charge in [0.25, 0.3) is 5.91 Å². The third-order valence-corrected chi connectivity index (χ3v) is 5.15. The van der Waals surface area contributed by atoms with Crippen molar-refractivity contribution in [3.8, 4) is 0 Å². The lowest BCUT2D eigenvalue weighted by Gasteiger charge is -2.31. The summed E-state index contributed by atoms with van der Waals surface area (Å²) in [6.07, 6.45) is 3.80. The summed E-state index contributed by atoms with van der Waals surface area (Å²) in [6.45, 7) is 0.793. The Morgan fingerprint density at radius 3 is 3.00 bits per heavy atom. The zero-order valence-electron chi connectivity index (χ0n) is 11.6. The van der Waals surface area contributed by atoms with E-state index in [2.05, 4.69) is 10.5 Å². The summed E-state index contributed by atoms with van der Waals surface area (Å²) in [4.78, 5) is 12.0. The summed E-state index contributed by atoms with van der Waals surface area (Å²) in [5, 5.41) is 6.26. The van der Waals surface area contributed by atoms with Gasteiger partial charge in [-0.25, -0.2) is 8.42 Å². The quantitative estimate of drug-likeness (QED) is 0.814. The number of rotatable bonds is 3. The predicted molar refractivity (Wildman–Crippen MR) is 72.1 cm³/mol. The van der Waals surface area contributed by atoms with Gasteiger partial charge in [0.2, 0.25) is 15.8 Å². The van der Waals surface area contributed by atoms with Gasteiger partial charge in [-0.3, -0.25) is 4.79 Å². The summed E-state index contributed by atoms with van der Waals surface area (Å²) in [5.41, 5.74) is 0. The fourth-order valence-electron chi connectivity index (χ4n) is 2.99. The molecular weight excluding hydrogens is 298 g/mol. The van der Waals surface area contributed by atoms with E-state index < -0.39 is 15.9 Å². The maximum absolute atomic E-state index is 12.0. The van der Waals surface area contributed by atoms with Gasteiger partial charge < -0.3 is 14.6 Å². The van der Waals surface area contributed by atoms with Gasteiger partial charge in [-0.05, 0) is 12.8 Å². The van der Waals surface area contributed by atoms with Crippen LogP contribution in [-0.2, 0) is 14.8 Å². The average Bonchev–Trinajstić information content (AvgIpc) is 3.06. The van der Waals surface area contributed by atoms with E-state index in [0.29, 0.717) is 6.61 Å². The van der Waals surface area contributed by atoms with Gasteiger partial charge in [-0.1, -0.05) is 5.16 Å². The smallest absolute Gasteiger partial charge is 0.290 e. The lowest BCUT2D eigenvalue weighted by molar-refractivity contribution is -0.0105. The number of carbonyl (C=O) groups is 1. The van der Waals surface area contributed by atoms with Crippen LogP contribution in [0.2, 0.25) is 0 Å². The number of sulfonamides is 1. The largest absolute Gasteiger partial charge is 0.374 e. The average molecular weight is 315 g/mol. The molecule has 1 amide bonds. The number of carbonyl (C=O) groups excluding carboxylic acids is 1. The van der Waals surface area contributed by atoms with E-state index in [-0.39, 0.29) is 30.5 Å². The molecular formula is C12H17N3O5S. The van der Waals surface area contributed by atoms with Crippen molar-refractivity contribution in [3.63, 3.8) is 0 Å². The van der Waals surface area contributed by atoms with Crippen LogP contribution in [0.5, 0.6) is 0 Å². The highest BCUT2D eigenvalue weighted by Crippen LogP contribution is 2.30. The van der Waals surface area contributed by atoms with Crippen LogP contribution in [0.25, 0.3) is 0 Å². The first-order chi connectivity index (χ1) is 9.97. The molecule has 0 radical (unpaired) electrons. The van der Waals surface area contributed by atoms with Gasteiger partial charge in [0.15, 0.2) is 0 Å². The Balaban J connectivity index is 1.77. The summed E-state index contributed by atoms with van der Waals surface area (Å²) < 4.78 is 35.7. The summed E-state index contributed by atoms with van der Waals surface area (Å²) in [6, 6.07) is 0.856. The molecule has 8 nitrogen and oxygen atoms in total. The second kappa shape index (κ2) is 5.39. The number of fused-ring (bicyclic) bond motifs is 1.